The Morgan fingerprint density at radius 2 is 1.53 bits per heavy atom. The maximum atomic E-state index is 12.9. The number of thiol groups is 1. The van der Waals surface area contributed by atoms with E-state index in [9.17, 15) is 24.0 Å². The first-order valence-electron chi connectivity index (χ1n) is 10.4. The second-order valence-corrected chi connectivity index (χ2v) is 7.87. The molecule has 0 saturated heterocycles. The van der Waals surface area contributed by atoms with Crippen LogP contribution in [0, 0.1) is 5.92 Å². The summed E-state index contributed by atoms with van der Waals surface area (Å²) in [4.78, 5) is 59.8. The highest BCUT2D eigenvalue weighted by Gasteiger charge is 2.32. The maximum absolute atomic E-state index is 12.9. The van der Waals surface area contributed by atoms with Crippen LogP contribution in [0.1, 0.15) is 46.0 Å². The van der Waals surface area contributed by atoms with Crippen molar-refractivity contribution in [2.24, 2.45) is 17.4 Å². The molecule has 0 heterocycles. The van der Waals surface area contributed by atoms with Gasteiger partial charge in [0.25, 0.3) is 0 Å². The van der Waals surface area contributed by atoms with E-state index in [1.165, 1.54) is 0 Å². The number of hydrogen-bond donors (Lipinski definition) is 8. The summed E-state index contributed by atoms with van der Waals surface area (Å²) in [5.41, 5.74) is 11.0. The van der Waals surface area contributed by atoms with Crippen molar-refractivity contribution in [2.75, 3.05) is 12.3 Å². The van der Waals surface area contributed by atoms with Crippen LogP contribution in [0.3, 0.4) is 0 Å². The number of aliphatic carboxylic acids is 2. The number of carboxylic acids is 2. The largest absolute Gasteiger partial charge is 0.481 e. The number of rotatable bonds is 16. The molecule has 0 aliphatic heterocycles. The van der Waals surface area contributed by atoms with Gasteiger partial charge in [-0.3, -0.25) is 19.2 Å². The molecule has 0 saturated carbocycles. The highest BCUT2D eigenvalue weighted by Crippen LogP contribution is 2.10. The average molecular weight is 478 g/mol. The fraction of sp³-hybridized carbons (Fsp3) is 0.737. The van der Waals surface area contributed by atoms with E-state index in [0.29, 0.717) is 25.8 Å². The van der Waals surface area contributed by atoms with Gasteiger partial charge in [0.1, 0.15) is 18.1 Å². The number of hydrogen-bond acceptors (Lipinski definition) is 8. The van der Waals surface area contributed by atoms with Crippen molar-refractivity contribution in [3.63, 3.8) is 0 Å². The highest BCUT2D eigenvalue weighted by atomic mass is 32.1. The van der Waals surface area contributed by atoms with Crippen LogP contribution in [0.5, 0.6) is 0 Å². The first kappa shape index (κ1) is 29.6. The Morgan fingerprint density at radius 1 is 0.938 bits per heavy atom. The zero-order valence-corrected chi connectivity index (χ0v) is 19.3. The third-order valence-corrected chi connectivity index (χ3v) is 5.27. The Bertz CT molecular complexity index is 664. The molecule has 0 fully saturated rings. The first-order chi connectivity index (χ1) is 15.0. The minimum Gasteiger partial charge on any atom is -0.481 e. The van der Waals surface area contributed by atoms with Gasteiger partial charge in [0.2, 0.25) is 17.7 Å². The Kier molecular flexibility index (Phi) is 14.3. The van der Waals surface area contributed by atoms with Gasteiger partial charge in [0, 0.05) is 5.75 Å². The van der Waals surface area contributed by atoms with Crippen LogP contribution in [0.4, 0.5) is 0 Å². The molecule has 0 rings (SSSR count). The second kappa shape index (κ2) is 15.4. The molecule has 3 amide bonds. The molecule has 0 bridgehead atoms. The van der Waals surface area contributed by atoms with E-state index in [2.05, 4.69) is 28.6 Å². The van der Waals surface area contributed by atoms with Crippen LogP contribution < -0.4 is 27.4 Å². The first-order valence-corrected chi connectivity index (χ1v) is 11.0. The van der Waals surface area contributed by atoms with E-state index in [1.807, 2.05) is 0 Å². The molecule has 9 N–H and O–H groups in total. The molecule has 0 spiro atoms. The number of nitrogens with one attached hydrogen (secondary N) is 3. The van der Waals surface area contributed by atoms with Crippen LogP contribution in [0.2, 0.25) is 0 Å². The predicted octanol–water partition coefficient (Wildman–Crippen LogP) is -1.57. The van der Waals surface area contributed by atoms with Gasteiger partial charge in [0.05, 0.1) is 12.5 Å². The summed E-state index contributed by atoms with van der Waals surface area (Å²) in [5, 5.41) is 25.3. The molecule has 32 heavy (non-hydrogen) atoms. The topological polar surface area (TPSA) is 214 Å². The number of carbonyl (C=O) groups excluding carboxylic acids is 3. The van der Waals surface area contributed by atoms with E-state index < -0.39 is 60.2 Å². The van der Waals surface area contributed by atoms with Crippen molar-refractivity contribution in [1.29, 1.82) is 0 Å². The lowest BCUT2D eigenvalue weighted by Crippen LogP contribution is -2.59. The summed E-state index contributed by atoms with van der Waals surface area (Å²) >= 11 is 3.91. The zero-order valence-electron chi connectivity index (χ0n) is 18.4. The molecule has 5 unspecified atom stereocenters. The number of nitrogens with two attached hydrogens (primary N) is 2. The third-order valence-electron chi connectivity index (χ3n) is 4.90. The van der Waals surface area contributed by atoms with Crippen LogP contribution in [-0.4, -0.2) is 76.3 Å². The van der Waals surface area contributed by atoms with Crippen LogP contribution in [-0.2, 0) is 24.0 Å². The van der Waals surface area contributed by atoms with Crippen molar-refractivity contribution in [1.82, 2.24) is 16.0 Å². The van der Waals surface area contributed by atoms with Gasteiger partial charge >= 0.3 is 11.9 Å². The molecule has 0 aliphatic rings. The van der Waals surface area contributed by atoms with Gasteiger partial charge < -0.3 is 37.6 Å². The summed E-state index contributed by atoms with van der Waals surface area (Å²) < 4.78 is 0. The molecule has 13 heteroatoms. The summed E-state index contributed by atoms with van der Waals surface area (Å²) in [5.74, 6) is -5.18. The lowest BCUT2D eigenvalue weighted by Gasteiger charge is -2.28. The molecule has 0 aromatic heterocycles. The molecule has 0 radical (unpaired) electrons. The Morgan fingerprint density at radius 3 is 2.00 bits per heavy atom. The van der Waals surface area contributed by atoms with Crippen molar-refractivity contribution in [2.45, 2.75) is 70.1 Å². The van der Waals surface area contributed by atoms with Crippen LogP contribution in [0.15, 0.2) is 0 Å². The summed E-state index contributed by atoms with van der Waals surface area (Å²) in [6, 6.07) is -4.72. The van der Waals surface area contributed by atoms with Crippen LogP contribution >= 0.6 is 12.6 Å². The average Bonchev–Trinajstić information content (AvgIpc) is 2.73. The van der Waals surface area contributed by atoms with Crippen molar-refractivity contribution in [3.05, 3.63) is 0 Å². The van der Waals surface area contributed by atoms with E-state index in [1.54, 1.807) is 13.8 Å². The molecule has 184 valence electrons. The van der Waals surface area contributed by atoms with Gasteiger partial charge in [-0.15, -0.1) is 0 Å². The smallest absolute Gasteiger partial charge is 0.327 e. The number of unbranched alkanes of at least 4 members (excludes halogenated alkanes) is 1. The van der Waals surface area contributed by atoms with Crippen molar-refractivity contribution in [3.8, 4) is 0 Å². The second-order valence-electron chi connectivity index (χ2n) is 7.50. The molecule has 0 aliphatic carbocycles. The van der Waals surface area contributed by atoms with Gasteiger partial charge in [-0.2, -0.15) is 12.6 Å². The number of carbonyl (C=O) groups is 5. The van der Waals surface area contributed by atoms with E-state index >= 15 is 0 Å². The summed E-state index contributed by atoms with van der Waals surface area (Å²) in [6.07, 6.45) is 1.16. The quantitative estimate of drug-likeness (QED) is 0.0950. The zero-order chi connectivity index (χ0) is 24.8. The van der Waals surface area contributed by atoms with Gasteiger partial charge in [0.15, 0.2) is 0 Å². The Labute approximate surface area is 192 Å². The monoisotopic (exact) mass is 477 g/mol. The van der Waals surface area contributed by atoms with Gasteiger partial charge in [-0.25, -0.2) is 4.79 Å². The van der Waals surface area contributed by atoms with Gasteiger partial charge in [-0.05, 0) is 31.7 Å². The van der Waals surface area contributed by atoms with E-state index in [-0.39, 0.29) is 18.1 Å². The minimum atomic E-state index is -1.35. The minimum absolute atomic E-state index is 0.137. The lowest BCUT2D eigenvalue weighted by atomic mass is 9.97. The van der Waals surface area contributed by atoms with Crippen molar-refractivity contribution >= 4 is 42.3 Å². The van der Waals surface area contributed by atoms with E-state index in [4.69, 9.17) is 21.7 Å². The highest BCUT2D eigenvalue weighted by molar-refractivity contribution is 7.80. The summed E-state index contributed by atoms with van der Waals surface area (Å²) in [7, 11) is 0. The molecular formula is C19H35N5O7S. The standard InChI is InChI=1S/C19H35N5O7S/c1-3-10(2)15(18(29)23-13(9-32)19(30)31)24-17(28)12(6-4-5-7-20)22-16(27)11(21)8-14(25)26/h10-13,15,32H,3-9,20-21H2,1-2H3,(H,22,27)(H,23,29)(H,24,28)(H,25,26)(H,30,31). The van der Waals surface area contributed by atoms with Crippen molar-refractivity contribution < 1.29 is 34.2 Å². The maximum Gasteiger partial charge on any atom is 0.327 e. The Hall–Kier alpha value is -2.38. The third kappa shape index (κ3) is 10.8. The van der Waals surface area contributed by atoms with E-state index in [0.717, 1.165) is 0 Å². The summed E-state index contributed by atoms with van der Waals surface area (Å²) in [6.45, 7) is 3.89. The van der Waals surface area contributed by atoms with Crippen LogP contribution in [0.25, 0.3) is 0 Å². The predicted molar refractivity (Wildman–Crippen MR) is 120 cm³/mol. The number of amides is 3. The Balaban J connectivity index is 5.48. The SMILES string of the molecule is CCC(C)C(NC(=O)C(CCCCN)NC(=O)C(N)CC(=O)O)C(=O)NC(CS)C(=O)O. The molecule has 0 aromatic rings. The van der Waals surface area contributed by atoms with Gasteiger partial charge in [-0.1, -0.05) is 20.3 Å². The normalized spacial score (nSPS) is 15.5. The number of carboxylic acid groups (broad SMARTS) is 2. The fourth-order valence-corrected chi connectivity index (χ4v) is 2.97. The molecule has 0 aromatic carbocycles. The molecule has 12 nitrogen and oxygen atoms in total. The fourth-order valence-electron chi connectivity index (χ4n) is 2.72. The molecular weight excluding hydrogens is 442 g/mol. The molecule has 5 atom stereocenters. The lowest BCUT2D eigenvalue weighted by molar-refractivity contribution is -0.142.